The predicted molar refractivity (Wildman–Crippen MR) is 118 cm³/mol. The fourth-order valence-electron chi connectivity index (χ4n) is 3.51. The normalized spacial score (nSPS) is 16.3. The summed E-state index contributed by atoms with van der Waals surface area (Å²) in [6.45, 7) is 15.0. The van der Waals surface area contributed by atoms with Gasteiger partial charge in [0.15, 0.2) is 5.96 Å². The SMILES string of the molecule is CCOCCCN=C(NCCCN1CCC(C)CC1)NCCn1cnnc1CC. The van der Waals surface area contributed by atoms with Crippen LogP contribution in [0.2, 0.25) is 0 Å². The molecule has 2 N–H and O–H groups in total. The monoisotopic (exact) mass is 407 g/mol. The van der Waals surface area contributed by atoms with Crippen LogP contribution >= 0.6 is 0 Å². The zero-order chi connectivity index (χ0) is 20.7. The van der Waals surface area contributed by atoms with Crippen LogP contribution < -0.4 is 10.6 Å². The summed E-state index contributed by atoms with van der Waals surface area (Å²) < 4.78 is 7.51. The lowest BCUT2D eigenvalue weighted by Crippen LogP contribution is -2.41. The highest BCUT2D eigenvalue weighted by atomic mass is 16.5. The summed E-state index contributed by atoms with van der Waals surface area (Å²) in [6.07, 6.45) is 7.45. The maximum Gasteiger partial charge on any atom is 0.191 e. The first-order valence-electron chi connectivity index (χ1n) is 11.4. The van der Waals surface area contributed by atoms with Crippen molar-refractivity contribution >= 4 is 5.96 Å². The Bertz CT molecular complexity index is 567. The Morgan fingerprint density at radius 1 is 1.17 bits per heavy atom. The molecule has 0 amide bonds. The van der Waals surface area contributed by atoms with Crippen LogP contribution in [-0.2, 0) is 17.7 Å². The van der Waals surface area contributed by atoms with Gasteiger partial charge in [-0.15, -0.1) is 10.2 Å². The van der Waals surface area contributed by atoms with Gasteiger partial charge < -0.3 is 24.8 Å². The molecule has 1 aliphatic rings. The number of ether oxygens (including phenoxy) is 1. The highest BCUT2D eigenvalue weighted by Crippen LogP contribution is 2.15. The van der Waals surface area contributed by atoms with Gasteiger partial charge in [0, 0.05) is 45.8 Å². The second kappa shape index (κ2) is 14.3. The van der Waals surface area contributed by atoms with E-state index in [0.717, 1.165) is 82.9 Å². The Morgan fingerprint density at radius 3 is 2.72 bits per heavy atom. The lowest BCUT2D eigenvalue weighted by atomic mass is 9.99. The van der Waals surface area contributed by atoms with Crippen molar-refractivity contribution in [3.63, 3.8) is 0 Å². The van der Waals surface area contributed by atoms with E-state index < -0.39 is 0 Å². The Balaban J connectivity index is 1.70. The molecule has 1 aliphatic heterocycles. The molecule has 0 atom stereocenters. The molecule has 2 rings (SSSR count). The van der Waals surface area contributed by atoms with Crippen molar-refractivity contribution in [3.8, 4) is 0 Å². The fourth-order valence-corrected chi connectivity index (χ4v) is 3.51. The highest BCUT2D eigenvalue weighted by molar-refractivity contribution is 5.79. The molecule has 8 nitrogen and oxygen atoms in total. The number of hydrogen-bond donors (Lipinski definition) is 2. The largest absolute Gasteiger partial charge is 0.382 e. The van der Waals surface area contributed by atoms with E-state index in [1.165, 1.54) is 25.9 Å². The molecule has 1 fully saturated rings. The molecule has 0 radical (unpaired) electrons. The third-order valence-corrected chi connectivity index (χ3v) is 5.40. The number of aliphatic imine (C=N–C) groups is 1. The number of piperidine rings is 1. The van der Waals surface area contributed by atoms with Gasteiger partial charge in [-0.05, 0) is 58.2 Å². The van der Waals surface area contributed by atoms with Gasteiger partial charge in [-0.1, -0.05) is 13.8 Å². The van der Waals surface area contributed by atoms with Gasteiger partial charge in [-0.25, -0.2) is 0 Å². The molecule has 0 aromatic carbocycles. The Morgan fingerprint density at radius 2 is 1.97 bits per heavy atom. The van der Waals surface area contributed by atoms with Gasteiger partial charge in [0.05, 0.1) is 0 Å². The van der Waals surface area contributed by atoms with Crippen LogP contribution in [0, 0.1) is 5.92 Å². The highest BCUT2D eigenvalue weighted by Gasteiger charge is 2.14. The Kier molecular flexibility index (Phi) is 11.7. The minimum Gasteiger partial charge on any atom is -0.382 e. The molecule has 166 valence electrons. The molecule has 0 bridgehead atoms. The fraction of sp³-hybridized carbons (Fsp3) is 0.857. The average Bonchev–Trinajstić information content (AvgIpc) is 3.19. The van der Waals surface area contributed by atoms with Crippen LogP contribution in [0.15, 0.2) is 11.3 Å². The summed E-state index contributed by atoms with van der Waals surface area (Å²) in [6, 6.07) is 0. The van der Waals surface area contributed by atoms with Crippen molar-refractivity contribution in [2.75, 3.05) is 52.5 Å². The van der Waals surface area contributed by atoms with Crippen LogP contribution in [0.4, 0.5) is 0 Å². The number of likely N-dealkylation sites (tertiary alicyclic amines) is 1. The minimum absolute atomic E-state index is 0.765. The van der Waals surface area contributed by atoms with Gasteiger partial charge >= 0.3 is 0 Å². The van der Waals surface area contributed by atoms with Crippen molar-refractivity contribution in [1.29, 1.82) is 0 Å². The quantitative estimate of drug-likeness (QED) is 0.295. The van der Waals surface area contributed by atoms with E-state index in [4.69, 9.17) is 9.73 Å². The molecule has 8 heteroatoms. The summed E-state index contributed by atoms with van der Waals surface area (Å²) in [5.41, 5.74) is 0. The van der Waals surface area contributed by atoms with Gasteiger partial charge in [-0.2, -0.15) is 0 Å². The van der Waals surface area contributed by atoms with E-state index in [0.29, 0.717) is 0 Å². The number of aryl methyl sites for hydroxylation is 1. The first-order chi connectivity index (χ1) is 14.2. The summed E-state index contributed by atoms with van der Waals surface area (Å²) in [4.78, 5) is 7.30. The number of aromatic nitrogens is 3. The molecular weight excluding hydrogens is 366 g/mol. The molecule has 0 spiro atoms. The topological polar surface area (TPSA) is 79.6 Å². The average molecular weight is 408 g/mol. The molecular formula is C21H41N7O. The van der Waals surface area contributed by atoms with Crippen LogP contribution in [0.25, 0.3) is 0 Å². The van der Waals surface area contributed by atoms with Crippen LogP contribution in [-0.4, -0.2) is 78.1 Å². The van der Waals surface area contributed by atoms with E-state index in [1.807, 2.05) is 6.92 Å². The zero-order valence-electron chi connectivity index (χ0n) is 18.7. The van der Waals surface area contributed by atoms with E-state index >= 15 is 0 Å². The molecule has 1 saturated heterocycles. The van der Waals surface area contributed by atoms with Crippen LogP contribution in [0.1, 0.15) is 52.3 Å². The summed E-state index contributed by atoms with van der Waals surface area (Å²) in [5, 5.41) is 15.1. The minimum atomic E-state index is 0.765. The maximum atomic E-state index is 5.41. The smallest absolute Gasteiger partial charge is 0.191 e. The number of nitrogens with zero attached hydrogens (tertiary/aromatic N) is 5. The van der Waals surface area contributed by atoms with Crippen LogP contribution in [0.5, 0.6) is 0 Å². The van der Waals surface area contributed by atoms with E-state index in [1.54, 1.807) is 6.33 Å². The summed E-state index contributed by atoms with van der Waals surface area (Å²) >= 11 is 0. The number of hydrogen-bond acceptors (Lipinski definition) is 5. The lowest BCUT2D eigenvalue weighted by Gasteiger charge is -2.30. The Labute approximate surface area is 176 Å². The van der Waals surface area contributed by atoms with Gasteiger partial charge in [0.2, 0.25) is 0 Å². The third kappa shape index (κ3) is 9.58. The van der Waals surface area contributed by atoms with Crippen molar-refractivity contribution in [1.82, 2.24) is 30.3 Å². The lowest BCUT2D eigenvalue weighted by molar-refractivity contribution is 0.146. The first kappa shape index (κ1) is 23.6. The van der Waals surface area contributed by atoms with Gasteiger partial charge in [-0.3, -0.25) is 4.99 Å². The van der Waals surface area contributed by atoms with Crippen molar-refractivity contribution in [2.45, 2.75) is 59.4 Å². The Hall–Kier alpha value is -1.67. The molecule has 0 unspecified atom stereocenters. The van der Waals surface area contributed by atoms with Crippen molar-refractivity contribution in [2.24, 2.45) is 10.9 Å². The van der Waals surface area contributed by atoms with Gasteiger partial charge in [0.25, 0.3) is 0 Å². The standard InChI is InChI=1S/C21H41N7O/c1-4-20-26-25-18-28(20)16-12-24-21(23-11-7-17-29-5-2)22-10-6-13-27-14-8-19(3)9-15-27/h18-19H,4-17H2,1-3H3,(H2,22,23,24). The van der Waals surface area contributed by atoms with Crippen molar-refractivity contribution < 1.29 is 4.74 Å². The first-order valence-corrected chi connectivity index (χ1v) is 11.4. The number of nitrogens with one attached hydrogen (secondary N) is 2. The molecule has 29 heavy (non-hydrogen) atoms. The molecule has 2 heterocycles. The molecule has 0 aliphatic carbocycles. The van der Waals surface area contributed by atoms with Crippen molar-refractivity contribution in [3.05, 3.63) is 12.2 Å². The molecule has 1 aromatic rings. The number of rotatable bonds is 13. The van der Waals surface area contributed by atoms with Gasteiger partial charge in [0.1, 0.15) is 12.2 Å². The van der Waals surface area contributed by atoms with E-state index in [2.05, 4.69) is 44.1 Å². The van der Waals surface area contributed by atoms with E-state index in [-0.39, 0.29) is 0 Å². The maximum absolute atomic E-state index is 5.41. The second-order valence-electron chi connectivity index (χ2n) is 7.81. The summed E-state index contributed by atoms with van der Waals surface area (Å²) in [5.74, 6) is 2.80. The van der Waals surface area contributed by atoms with E-state index in [9.17, 15) is 0 Å². The van der Waals surface area contributed by atoms with Crippen LogP contribution in [0.3, 0.4) is 0 Å². The third-order valence-electron chi connectivity index (χ3n) is 5.40. The number of guanidine groups is 1. The molecule has 1 aromatic heterocycles. The second-order valence-corrected chi connectivity index (χ2v) is 7.81. The zero-order valence-corrected chi connectivity index (χ0v) is 18.7. The summed E-state index contributed by atoms with van der Waals surface area (Å²) in [7, 11) is 0. The molecule has 0 saturated carbocycles. The predicted octanol–water partition coefficient (Wildman–Crippen LogP) is 1.92.